The highest BCUT2D eigenvalue weighted by molar-refractivity contribution is 7.16. The van der Waals surface area contributed by atoms with Gasteiger partial charge in [-0.1, -0.05) is 18.2 Å². The average molecular weight is 328 g/mol. The molecule has 0 aliphatic rings. The summed E-state index contributed by atoms with van der Waals surface area (Å²) in [6, 6.07) is 10.3. The lowest BCUT2D eigenvalue weighted by molar-refractivity contribution is 0.300. The molecule has 6 heteroatoms. The van der Waals surface area contributed by atoms with Crippen molar-refractivity contribution in [2.45, 2.75) is 6.04 Å². The predicted molar refractivity (Wildman–Crippen MR) is 95.3 cm³/mol. The summed E-state index contributed by atoms with van der Waals surface area (Å²) in [6.45, 7) is 0.731. The topological polar surface area (TPSA) is 50.3 Å². The molecule has 0 unspecified atom stereocenters. The van der Waals surface area contributed by atoms with Gasteiger partial charge in [-0.05, 0) is 31.6 Å². The minimum atomic E-state index is 0.176. The Labute approximate surface area is 139 Å². The van der Waals surface area contributed by atoms with Gasteiger partial charge in [-0.2, -0.15) is 0 Å². The van der Waals surface area contributed by atoms with Crippen LogP contribution in [0.4, 0.5) is 5.82 Å². The minimum Gasteiger partial charge on any atom is -0.496 e. The lowest BCUT2D eigenvalue weighted by Crippen LogP contribution is -2.27. The fourth-order valence-electron chi connectivity index (χ4n) is 2.64. The van der Waals surface area contributed by atoms with Crippen LogP contribution in [0.5, 0.6) is 5.75 Å². The van der Waals surface area contributed by atoms with Crippen LogP contribution in [0.15, 0.2) is 42.0 Å². The molecular weight excluding hydrogens is 308 g/mol. The van der Waals surface area contributed by atoms with E-state index in [0.717, 1.165) is 33.9 Å². The van der Waals surface area contributed by atoms with Gasteiger partial charge in [0.1, 0.15) is 22.7 Å². The molecule has 120 valence electrons. The van der Waals surface area contributed by atoms with Gasteiger partial charge < -0.3 is 15.0 Å². The number of anilines is 1. The van der Waals surface area contributed by atoms with Gasteiger partial charge in [0.05, 0.1) is 18.5 Å². The number of aromatic nitrogens is 2. The lowest BCUT2D eigenvalue weighted by Gasteiger charge is -2.26. The van der Waals surface area contributed by atoms with Crippen molar-refractivity contribution in [1.29, 1.82) is 0 Å². The molecule has 0 fully saturated rings. The van der Waals surface area contributed by atoms with Crippen molar-refractivity contribution in [3.63, 3.8) is 0 Å². The zero-order chi connectivity index (χ0) is 16.2. The summed E-state index contributed by atoms with van der Waals surface area (Å²) in [6.07, 6.45) is 1.61. The van der Waals surface area contributed by atoms with E-state index in [4.69, 9.17) is 4.74 Å². The van der Waals surface area contributed by atoms with E-state index in [1.165, 1.54) is 0 Å². The first-order valence-corrected chi connectivity index (χ1v) is 8.30. The molecule has 0 amide bonds. The molecule has 23 heavy (non-hydrogen) atoms. The third-order valence-corrected chi connectivity index (χ3v) is 4.67. The number of nitrogens with zero attached hydrogens (tertiary/aromatic N) is 3. The number of hydrogen-bond acceptors (Lipinski definition) is 6. The predicted octanol–water partition coefficient (Wildman–Crippen LogP) is 3.41. The number of hydrogen-bond donors (Lipinski definition) is 1. The number of fused-ring (bicyclic) bond motifs is 1. The van der Waals surface area contributed by atoms with Crippen LogP contribution in [0.3, 0.4) is 0 Å². The minimum absolute atomic E-state index is 0.176. The molecule has 0 bridgehead atoms. The van der Waals surface area contributed by atoms with Crippen molar-refractivity contribution in [2.75, 3.05) is 33.1 Å². The van der Waals surface area contributed by atoms with Gasteiger partial charge in [0.2, 0.25) is 0 Å². The van der Waals surface area contributed by atoms with E-state index in [2.05, 4.69) is 46.4 Å². The molecule has 3 aromatic rings. The molecule has 0 aliphatic heterocycles. The number of rotatable bonds is 6. The maximum atomic E-state index is 5.51. The molecule has 0 spiro atoms. The molecule has 1 atom stereocenters. The van der Waals surface area contributed by atoms with Crippen molar-refractivity contribution in [1.82, 2.24) is 14.9 Å². The van der Waals surface area contributed by atoms with Crippen LogP contribution in [0, 0.1) is 0 Å². The number of thiophene rings is 1. The van der Waals surface area contributed by atoms with Crippen molar-refractivity contribution in [3.8, 4) is 5.75 Å². The fourth-order valence-corrected chi connectivity index (χ4v) is 3.37. The van der Waals surface area contributed by atoms with Crippen molar-refractivity contribution < 1.29 is 4.74 Å². The quantitative estimate of drug-likeness (QED) is 0.751. The largest absolute Gasteiger partial charge is 0.496 e. The summed E-state index contributed by atoms with van der Waals surface area (Å²) in [7, 11) is 5.84. The number of nitrogens with one attached hydrogen (secondary N) is 1. The zero-order valence-corrected chi connectivity index (χ0v) is 14.3. The third-order valence-electron chi connectivity index (χ3n) is 3.85. The summed E-state index contributed by atoms with van der Waals surface area (Å²) in [5.74, 6) is 1.77. The van der Waals surface area contributed by atoms with E-state index in [1.54, 1.807) is 24.8 Å². The molecule has 0 aliphatic carbocycles. The van der Waals surface area contributed by atoms with E-state index in [9.17, 15) is 0 Å². The second-order valence-electron chi connectivity index (χ2n) is 5.46. The van der Waals surface area contributed by atoms with Gasteiger partial charge in [-0.15, -0.1) is 11.3 Å². The molecular formula is C17H20N4OS. The highest BCUT2D eigenvalue weighted by atomic mass is 32.1. The molecule has 2 aromatic heterocycles. The first kappa shape index (κ1) is 15.7. The molecule has 2 heterocycles. The van der Waals surface area contributed by atoms with Gasteiger partial charge in [0, 0.05) is 12.1 Å². The Morgan fingerprint density at radius 2 is 2.04 bits per heavy atom. The van der Waals surface area contributed by atoms with E-state index in [-0.39, 0.29) is 6.04 Å². The Bertz CT molecular complexity index is 787. The first-order chi connectivity index (χ1) is 11.2. The van der Waals surface area contributed by atoms with Crippen molar-refractivity contribution in [2.24, 2.45) is 0 Å². The number of ether oxygens (including phenoxy) is 1. The first-order valence-electron chi connectivity index (χ1n) is 7.42. The Morgan fingerprint density at radius 3 is 2.83 bits per heavy atom. The van der Waals surface area contributed by atoms with Gasteiger partial charge in [-0.3, -0.25) is 0 Å². The lowest BCUT2D eigenvalue weighted by atomic mass is 10.0. The van der Waals surface area contributed by atoms with Crippen molar-refractivity contribution in [3.05, 3.63) is 47.6 Å². The smallest absolute Gasteiger partial charge is 0.138 e. The van der Waals surface area contributed by atoms with Crippen LogP contribution in [-0.4, -0.2) is 42.6 Å². The second kappa shape index (κ2) is 6.93. The fraction of sp³-hybridized carbons (Fsp3) is 0.294. The van der Waals surface area contributed by atoms with Crippen LogP contribution in [-0.2, 0) is 0 Å². The monoisotopic (exact) mass is 328 g/mol. The highest BCUT2D eigenvalue weighted by Gasteiger charge is 2.18. The summed E-state index contributed by atoms with van der Waals surface area (Å²) in [5, 5.41) is 6.56. The molecule has 0 saturated carbocycles. The molecule has 5 nitrogen and oxygen atoms in total. The van der Waals surface area contributed by atoms with Crippen LogP contribution in [0.2, 0.25) is 0 Å². The Kier molecular flexibility index (Phi) is 4.73. The average Bonchev–Trinajstić information content (AvgIpc) is 3.04. The Balaban J connectivity index is 1.85. The van der Waals surface area contributed by atoms with Crippen LogP contribution in [0.1, 0.15) is 11.6 Å². The van der Waals surface area contributed by atoms with Crippen LogP contribution >= 0.6 is 11.3 Å². The van der Waals surface area contributed by atoms with Crippen LogP contribution in [0.25, 0.3) is 10.2 Å². The van der Waals surface area contributed by atoms with Crippen LogP contribution < -0.4 is 10.1 Å². The molecule has 1 aromatic carbocycles. The normalized spacial score (nSPS) is 12.5. The van der Waals surface area contributed by atoms with Crippen molar-refractivity contribution >= 4 is 27.4 Å². The highest BCUT2D eigenvalue weighted by Crippen LogP contribution is 2.29. The van der Waals surface area contributed by atoms with Gasteiger partial charge in [0.15, 0.2) is 0 Å². The maximum Gasteiger partial charge on any atom is 0.138 e. The Hall–Kier alpha value is -2.18. The van der Waals surface area contributed by atoms with Gasteiger partial charge in [-0.25, -0.2) is 9.97 Å². The van der Waals surface area contributed by atoms with E-state index < -0.39 is 0 Å². The summed E-state index contributed by atoms with van der Waals surface area (Å²) >= 11 is 1.62. The standard InChI is InChI=1S/C17H20N4OS/c1-21(2)14(12-6-4-5-7-15(12)22-3)10-18-16-13-8-9-23-17(13)20-11-19-16/h4-9,11,14H,10H2,1-3H3,(H,18,19,20)/t14-/m0/s1. The number of methoxy groups -OCH3 is 1. The number of benzene rings is 1. The third kappa shape index (κ3) is 3.28. The Morgan fingerprint density at radius 1 is 1.22 bits per heavy atom. The van der Waals surface area contributed by atoms with E-state index >= 15 is 0 Å². The summed E-state index contributed by atoms with van der Waals surface area (Å²) in [4.78, 5) is 11.8. The zero-order valence-electron chi connectivity index (χ0n) is 13.5. The number of para-hydroxylation sites is 1. The molecule has 0 radical (unpaired) electrons. The van der Waals surface area contributed by atoms with E-state index in [0.29, 0.717) is 0 Å². The summed E-state index contributed by atoms with van der Waals surface area (Å²) < 4.78 is 5.51. The molecule has 1 N–H and O–H groups in total. The van der Waals surface area contributed by atoms with Gasteiger partial charge >= 0.3 is 0 Å². The molecule has 0 saturated heterocycles. The SMILES string of the molecule is COc1ccccc1[C@H](CNc1ncnc2sccc12)N(C)C. The number of likely N-dealkylation sites (N-methyl/N-ethyl adjacent to an activating group) is 1. The summed E-state index contributed by atoms with van der Waals surface area (Å²) in [5.41, 5.74) is 1.16. The molecule has 3 rings (SSSR count). The second-order valence-corrected chi connectivity index (χ2v) is 6.36. The maximum absolute atomic E-state index is 5.51. The van der Waals surface area contributed by atoms with Gasteiger partial charge in [0.25, 0.3) is 0 Å². The van der Waals surface area contributed by atoms with E-state index in [1.807, 2.05) is 23.6 Å².